The van der Waals surface area contributed by atoms with Crippen molar-refractivity contribution in [2.75, 3.05) is 7.05 Å². The van der Waals surface area contributed by atoms with Gasteiger partial charge in [0.2, 0.25) is 0 Å². The summed E-state index contributed by atoms with van der Waals surface area (Å²) in [5, 5.41) is 0.694. The molecule has 0 aromatic heterocycles. The number of nitrogens with zero attached hydrogens (tertiary/aromatic N) is 2. The third-order valence-electron chi connectivity index (χ3n) is 4.83. The maximum atomic E-state index is 12.7. The van der Waals surface area contributed by atoms with Crippen molar-refractivity contribution in [3.63, 3.8) is 0 Å². The summed E-state index contributed by atoms with van der Waals surface area (Å²) in [6, 6.07) is 24.7. The fourth-order valence-corrected chi connectivity index (χ4v) is 4.07. The second-order valence-electron chi connectivity index (χ2n) is 7.20. The molecule has 3 nitrogen and oxygen atoms in total. The summed E-state index contributed by atoms with van der Waals surface area (Å²) in [6.07, 6.45) is 1.94. The van der Waals surface area contributed by atoms with Gasteiger partial charge in [0.05, 0.1) is 10.6 Å². The molecule has 144 valence electrons. The third kappa shape index (κ3) is 4.33. The van der Waals surface area contributed by atoms with Crippen LogP contribution in [0.2, 0.25) is 0 Å². The largest absolute Gasteiger partial charge is 0.290 e. The number of amides is 1. The molecule has 1 saturated heterocycles. The lowest BCUT2D eigenvalue weighted by Crippen LogP contribution is -2.23. The highest BCUT2D eigenvalue weighted by atomic mass is 32.2. The molecule has 1 fully saturated rings. The molecule has 4 rings (SSSR count). The molecule has 0 unspecified atom stereocenters. The summed E-state index contributed by atoms with van der Waals surface area (Å²) in [5.41, 5.74) is 6.58. The zero-order chi connectivity index (χ0) is 20.4. The minimum absolute atomic E-state index is 0.0263. The van der Waals surface area contributed by atoms with Crippen LogP contribution in [0.1, 0.15) is 16.7 Å². The summed E-state index contributed by atoms with van der Waals surface area (Å²) in [6.45, 7) is 4.13. The second kappa shape index (κ2) is 8.10. The van der Waals surface area contributed by atoms with Crippen LogP contribution in [-0.4, -0.2) is 23.0 Å². The van der Waals surface area contributed by atoms with Crippen LogP contribution in [0.25, 0.3) is 17.2 Å². The molecule has 4 heteroatoms. The number of likely N-dealkylation sites (N-methyl/N-ethyl adjacent to an activating group) is 1. The van der Waals surface area contributed by atoms with Crippen molar-refractivity contribution in [3.05, 3.63) is 94.4 Å². The first kappa shape index (κ1) is 19.2. The van der Waals surface area contributed by atoms with E-state index in [1.165, 1.54) is 28.5 Å². The number of carbonyl (C=O) groups is 1. The van der Waals surface area contributed by atoms with Crippen molar-refractivity contribution >= 4 is 34.6 Å². The normalized spacial score (nSPS) is 16.8. The molecule has 0 aliphatic carbocycles. The van der Waals surface area contributed by atoms with Gasteiger partial charge >= 0.3 is 0 Å². The molecule has 3 aromatic carbocycles. The van der Waals surface area contributed by atoms with Crippen LogP contribution in [0.15, 0.2) is 82.7 Å². The average Bonchev–Trinajstić information content (AvgIpc) is 2.98. The van der Waals surface area contributed by atoms with Gasteiger partial charge in [-0.2, -0.15) is 0 Å². The smallest absolute Gasteiger partial charge is 0.266 e. The number of aryl methyl sites for hydroxylation is 2. The van der Waals surface area contributed by atoms with Gasteiger partial charge in [-0.1, -0.05) is 65.7 Å². The van der Waals surface area contributed by atoms with Crippen LogP contribution in [0.5, 0.6) is 0 Å². The maximum absolute atomic E-state index is 12.7. The molecule has 29 heavy (non-hydrogen) atoms. The van der Waals surface area contributed by atoms with E-state index >= 15 is 0 Å². The van der Waals surface area contributed by atoms with Gasteiger partial charge in [0.1, 0.15) is 0 Å². The fraction of sp³-hybridized carbons (Fsp3) is 0.120. The Hall–Kier alpha value is -3.11. The quantitative estimate of drug-likeness (QED) is 0.492. The third-order valence-corrected chi connectivity index (χ3v) is 5.89. The van der Waals surface area contributed by atoms with E-state index in [1.54, 1.807) is 11.9 Å². The Bertz CT molecular complexity index is 1110. The molecule has 0 bridgehead atoms. The molecule has 0 saturated carbocycles. The van der Waals surface area contributed by atoms with Crippen molar-refractivity contribution in [2.45, 2.75) is 13.8 Å². The zero-order valence-electron chi connectivity index (χ0n) is 16.7. The maximum Gasteiger partial charge on any atom is 0.266 e. The van der Waals surface area contributed by atoms with Crippen LogP contribution < -0.4 is 0 Å². The summed E-state index contributed by atoms with van der Waals surface area (Å²) < 4.78 is 0. The Morgan fingerprint density at radius 1 is 0.862 bits per heavy atom. The summed E-state index contributed by atoms with van der Waals surface area (Å²) in [5.74, 6) is -0.0263. The van der Waals surface area contributed by atoms with Gasteiger partial charge < -0.3 is 0 Å². The standard InChI is InChI=1S/C25H22N2OS/c1-17-7-11-20(12-8-17)21-6-4-5-19(15-21)16-23-24(28)27(3)25(29-23)26-22-13-9-18(2)10-14-22/h4-16H,1-3H3/b23-16-,26-25?. The topological polar surface area (TPSA) is 32.7 Å². The van der Waals surface area contributed by atoms with Crippen LogP contribution in [-0.2, 0) is 4.79 Å². The molecule has 0 spiro atoms. The van der Waals surface area contributed by atoms with Crippen molar-refractivity contribution in [2.24, 2.45) is 4.99 Å². The lowest BCUT2D eigenvalue weighted by molar-refractivity contribution is -0.121. The minimum atomic E-state index is -0.0263. The number of aliphatic imine (C=N–C) groups is 1. The van der Waals surface area contributed by atoms with Crippen LogP contribution in [0.3, 0.4) is 0 Å². The fourth-order valence-electron chi connectivity index (χ4n) is 3.09. The number of rotatable bonds is 3. The molecule has 0 N–H and O–H groups in total. The summed E-state index contributed by atoms with van der Waals surface area (Å²) >= 11 is 1.41. The number of thioether (sulfide) groups is 1. The molecular weight excluding hydrogens is 376 g/mol. The van der Waals surface area contributed by atoms with Gasteiger partial charge in [0.25, 0.3) is 5.91 Å². The molecule has 1 heterocycles. The Labute approximate surface area is 175 Å². The molecule has 0 atom stereocenters. The van der Waals surface area contributed by atoms with Crippen LogP contribution in [0, 0.1) is 13.8 Å². The van der Waals surface area contributed by atoms with Gasteiger partial charge in [-0.05, 0) is 66.6 Å². The van der Waals surface area contributed by atoms with Crippen LogP contribution >= 0.6 is 11.8 Å². The molecule has 1 aliphatic rings. The van der Waals surface area contributed by atoms with E-state index in [0.717, 1.165) is 16.8 Å². The first-order valence-electron chi connectivity index (χ1n) is 9.50. The van der Waals surface area contributed by atoms with Crippen LogP contribution in [0.4, 0.5) is 5.69 Å². The number of hydrogen-bond donors (Lipinski definition) is 0. The van der Waals surface area contributed by atoms with E-state index in [4.69, 9.17) is 0 Å². The molecule has 0 radical (unpaired) electrons. The lowest BCUT2D eigenvalue weighted by Gasteiger charge is -2.07. The Morgan fingerprint density at radius 2 is 1.52 bits per heavy atom. The van der Waals surface area contributed by atoms with Crippen molar-refractivity contribution in [3.8, 4) is 11.1 Å². The first-order valence-corrected chi connectivity index (χ1v) is 10.3. The predicted molar refractivity (Wildman–Crippen MR) is 123 cm³/mol. The van der Waals surface area contributed by atoms with Gasteiger partial charge in [-0.3, -0.25) is 9.69 Å². The van der Waals surface area contributed by atoms with E-state index in [1.807, 2.05) is 49.4 Å². The van der Waals surface area contributed by atoms with Crippen molar-refractivity contribution < 1.29 is 4.79 Å². The zero-order valence-corrected chi connectivity index (χ0v) is 17.5. The highest BCUT2D eigenvalue weighted by molar-refractivity contribution is 8.18. The van der Waals surface area contributed by atoms with E-state index in [0.29, 0.717) is 10.1 Å². The van der Waals surface area contributed by atoms with Crippen molar-refractivity contribution in [1.82, 2.24) is 4.90 Å². The number of amidine groups is 1. The van der Waals surface area contributed by atoms with Gasteiger partial charge in [0, 0.05) is 7.05 Å². The molecule has 1 aliphatic heterocycles. The van der Waals surface area contributed by atoms with E-state index in [9.17, 15) is 4.79 Å². The van der Waals surface area contributed by atoms with Crippen molar-refractivity contribution in [1.29, 1.82) is 0 Å². The monoisotopic (exact) mass is 398 g/mol. The molecular formula is C25H22N2OS. The Morgan fingerprint density at radius 3 is 2.21 bits per heavy atom. The molecule has 3 aromatic rings. The minimum Gasteiger partial charge on any atom is -0.290 e. The number of benzene rings is 3. The Balaban J connectivity index is 1.61. The predicted octanol–water partition coefficient (Wildman–Crippen LogP) is 6.20. The van der Waals surface area contributed by atoms with E-state index in [-0.39, 0.29) is 5.91 Å². The van der Waals surface area contributed by atoms with Gasteiger partial charge in [-0.15, -0.1) is 0 Å². The lowest BCUT2D eigenvalue weighted by atomic mass is 10.0. The van der Waals surface area contributed by atoms with E-state index in [2.05, 4.69) is 48.3 Å². The highest BCUT2D eigenvalue weighted by Crippen LogP contribution is 2.33. The molecule has 1 amide bonds. The summed E-state index contributed by atoms with van der Waals surface area (Å²) in [4.78, 5) is 19.6. The second-order valence-corrected chi connectivity index (χ2v) is 8.21. The first-order chi connectivity index (χ1) is 14.0. The SMILES string of the molecule is Cc1ccc(N=C2S/C(=C\c3cccc(-c4ccc(C)cc4)c3)C(=O)N2C)cc1. The van der Waals surface area contributed by atoms with E-state index < -0.39 is 0 Å². The summed E-state index contributed by atoms with van der Waals surface area (Å²) in [7, 11) is 1.77. The van der Waals surface area contributed by atoms with Gasteiger partial charge in [0.15, 0.2) is 5.17 Å². The number of carbonyl (C=O) groups excluding carboxylic acids is 1. The average molecular weight is 399 g/mol. The number of hydrogen-bond acceptors (Lipinski definition) is 3. The highest BCUT2D eigenvalue weighted by Gasteiger charge is 2.30. The Kier molecular flexibility index (Phi) is 5.36. The van der Waals surface area contributed by atoms with Gasteiger partial charge in [-0.25, -0.2) is 4.99 Å².